The largest absolute Gasteiger partial charge is 0.486 e. The van der Waals surface area contributed by atoms with Gasteiger partial charge >= 0.3 is 0 Å². The highest BCUT2D eigenvalue weighted by Gasteiger charge is 2.20. The summed E-state index contributed by atoms with van der Waals surface area (Å²) in [5.74, 6) is 1.92. The van der Waals surface area contributed by atoms with E-state index in [0.29, 0.717) is 16.9 Å². The lowest BCUT2D eigenvalue weighted by Crippen LogP contribution is -2.11. The average molecular weight is 540 g/mol. The third kappa shape index (κ3) is 6.95. The molecule has 4 aromatic rings. The van der Waals surface area contributed by atoms with Gasteiger partial charge in [0, 0.05) is 12.6 Å². The van der Waals surface area contributed by atoms with Gasteiger partial charge in [-0.3, -0.25) is 14.8 Å². The number of hydrogen-bond donors (Lipinski definition) is 1. The molecule has 1 N–H and O–H groups in total. The number of anilines is 1. The molecule has 5 rings (SSSR count). The third-order valence-electron chi connectivity index (χ3n) is 6.87. The number of carbonyl (C=O) groups excluding carboxylic acids is 1. The van der Waals surface area contributed by atoms with Crippen molar-refractivity contribution >= 4 is 28.3 Å². The van der Waals surface area contributed by atoms with Gasteiger partial charge in [0.05, 0.1) is 5.69 Å². The Labute approximate surface area is 233 Å². The Balaban J connectivity index is 1.34. The number of benzene rings is 3. The van der Waals surface area contributed by atoms with Crippen molar-refractivity contribution in [1.29, 1.82) is 0 Å². The van der Waals surface area contributed by atoms with Crippen LogP contribution in [0.2, 0.25) is 0 Å². The third-order valence-corrected chi connectivity index (χ3v) is 7.89. The second-order valence-corrected chi connectivity index (χ2v) is 10.8. The Hall–Kier alpha value is -3.91. The van der Waals surface area contributed by atoms with Gasteiger partial charge in [-0.05, 0) is 79.4 Å². The number of ketones is 1. The average Bonchev–Trinajstić information content (AvgIpc) is 3.38. The van der Waals surface area contributed by atoms with Crippen molar-refractivity contribution in [3.8, 4) is 11.4 Å². The Morgan fingerprint density at radius 3 is 2.38 bits per heavy atom. The fourth-order valence-electron chi connectivity index (χ4n) is 4.72. The summed E-state index contributed by atoms with van der Waals surface area (Å²) in [5.41, 5.74) is 7.20. The van der Waals surface area contributed by atoms with Crippen molar-refractivity contribution < 1.29 is 9.53 Å². The van der Waals surface area contributed by atoms with Gasteiger partial charge in [0.25, 0.3) is 0 Å². The van der Waals surface area contributed by atoms with Crippen LogP contribution in [0, 0.1) is 6.92 Å². The number of aromatic nitrogens is 3. The second kappa shape index (κ2) is 12.8. The van der Waals surface area contributed by atoms with Crippen LogP contribution in [0.15, 0.2) is 89.1 Å². The normalized spacial score (nSPS) is 14.3. The number of hydrazone groups is 1. The smallest absolute Gasteiger partial charge is 0.202 e. The Kier molecular flexibility index (Phi) is 8.73. The molecule has 1 aliphatic rings. The Bertz CT molecular complexity index is 1410. The maximum Gasteiger partial charge on any atom is 0.202 e. The van der Waals surface area contributed by atoms with E-state index in [0.717, 1.165) is 22.7 Å². The Morgan fingerprint density at radius 2 is 1.69 bits per heavy atom. The minimum atomic E-state index is -0.168. The molecule has 1 fully saturated rings. The molecule has 8 heteroatoms. The molecule has 0 radical (unpaired) electrons. The first-order valence-electron chi connectivity index (χ1n) is 13.4. The van der Waals surface area contributed by atoms with Gasteiger partial charge in [-0.1, -0.05) is 67.3 Å². The summed E-state index contributed by atoms with van der Waals surface area (Å²) >= 11 is 1.17. The maximum absolute atomic E-state index is 12.5. The molecule has 0 unspecified atom stereocenters. The van der Waals surface area contributed by atoms with Crippen molar-refractivity contribution in [3.05, 3.63) is 95.8 Å². The maximum atomic E-state index is 12.5. The van der Waals surface area contributed by atoms with Crippen molar-refractivity contribution in [2.24, 2.45) is 5.10 Å². The van der Waals surface area contributed by atoms with Crippen molar-refractivity contribution in [2.45, 2.75) is 63.6 Å². The fourth-order valence-corrected chi connectivity index (χ4v) is 5.51. The van der Waals surface area contributed by atoms with E-state index >= 15 is 0 Å². The summed E-state index contributed by atoms with van der Waals surface area (Å²) in [6.45, 7) is 3.75. The molecule has 39 heavy (non-hydrogen) atoms. The first-order valence-corrected chi connectivity index (χ1v) is 14.2. The highest BCUT2D eigenvalue weighted by molar-refractivity contribution is 8.15. The highest BCUT2D eigenvalue weighted by Crippen LogP contribution is 2.33. The molecule has 1 saturated carbocycles. The lowest BCUT2D eigenvalue weighted by molar-refractivity contribution is -0.110. The molecule has 0 aliphatic heterocycles. The van der Waals surface area contributed by atoms with Gasteiger partial charge in [0.15, 0.2) is 16.7 Å². The van der Waals surface area contributed by atoms with Crippen molar-refractivity contribution in [1.82, 2.24) is 14.8 Å². The molecule has 7 nitrogen and oxygen atoms in total. The van der Waals surface area contributed by atoms with E-state index < -0.39 is 0 Å². The summed E-state index contributed by atoms with van der Waals surface area (Å²) in [6.07, 6.45) is 6.52. The van der Waals surface area contributed by atoms with Crippen LogP contribution in [0.4, 0.5) is 5.69 Å². The zero-order valence-electron chi connectivity index (χ0n) is 22.3. The van der Waals surface area contributed by atoms with E-state index in [1.165, 1.54) is 56.4 Å². The fraction of sp³-hybridized carbons (Fsp3) is 0.290. The van der Waals surface area contributed by atoms with E-state index in [1.807, 2.05) is 78.2 Å². The van der Waals surface area contributed by atoms with E-state index in [2.05, 4.69) is 32.9 Å². The van der Waals surface area contributed by atoms with Crippen LogP contribution < -0.4 is 10.2 Å². The molecule has 0 spiro atoms. The highest BCUT2D eigenvalue weighted by atomic mass is 32.2. The Morgan fingerprint density at radius 1 is 0.974 bits per heavy atom. The molecule has 0 saturated heterocycles. The molecular formula is C31H33N5O2S. The summed E-state index contributed by atoms with van der Waals surface area (Å²) < 4.78 is 8.04. The lowest BCUT2D eigenvalue weighted by Gasteiger charge is -2.22. The molecule has 1 aliphatic carbocycles. The van der Waals surface area contributed by atoms with E-state index in [9.17, 15) is 4.79 Å². The number of thioether (sulfide) groups is 1. The zero-order chi connectivity index (χ0) is 27.0. The van der Waals surface area contributed by atoms with Gasteiger partial charge in [0.1, 0.15) is 12.4 Å². The van der Waals surface area contributed by atoms with Crippen LogP contribution in [0.5, 0.6) is 5.75 Å². The van der Waals surface area contributed by atoms with Crippen molar-refractivity contribution in [2.75, 3.05) is 5.43 Å². The van der Waals surface area contributed by atoms with Crippen LogP contribution in [-0.2, 0) is 11.4 Å². The summed E-state index contributed by atoms with van der Waals surface area (Å²) in [4.78, 5) is 12.5. The number of hydrogen-bond acceptors (Lipinski definition) is 7. The van der Waals surface area contributed by atoms with Crippen LogP contribution in [0.3, 0.4) is 0 Å². The van der Waals surface area contributed by atoms with Gasteiger partial charge in [0.2, 0.25) is 5.16 Å². The zero-order valence-corrected chi connectivity index (χ0v) is 23.2. The monoisotopic (exact) mass is 539 g/mol. The lowest BCUT2D eigenvalue weighted by atomic mass is 9.84. The number of rotatable bonds is 9. The van der Waals surface area contributed by atoms with Gasteiger partial charge in [-0.2, -0.15) is 5.10 Å². The van der Waals surface area contributed by atoms with Gasteiger partial charge in [-0.15, -0.1) is 10.2 Å². The first-order chi connectivity index (χ1) is 19.1. The van der Waals surface area contributed by atoms with Crippen molar-refractivity contribution in [3.63, 3.8) is 0 Å². The van der Waals surface area contributed by atoms with Crippen LogP contribution in [-0.4, -0.2) is 25.6 Å². The summed E-state index contributed by atoms with van der Waals surface area (Å²) in [7, 11) is 0. The molecule has 0 amide bonds. The predicted molar refractivity (Wildman–Crippen MR) is 157 cm³/mol. The SMILES string of the molecule is CC(=O)C(=NNc1ccc(C)cc1)Sc1nnc(COc2ccc(C3CCCCC3)cc2)n1-c1ccccc1. The van der Waals surface area contributed by atoms with Crippen LogP contribution >= 0.6 is 11.8 Å². The van der Waals surface area contributed by atoms with Crippen LogP contribution in [0.1, 0.15) is 61.9 Å². The predicted octanol–water partition coefficient (Wildman–Crippen LogP) is 7.31. The van der Waals surface area contributed by atoms with E-state index in [4.69, 9.17) is 4.74 Å². The first kappa shape index (κ1) is 26.7. The molecule has 0 atom stereocenters. The van der Waals surface area contributed by atoms with E-state index in [-0.39, 0.29) is 17.4 Å². The summed E-state index contributed by atoms with van der Waals surface area (Å²) in [5, 5.41) is 14.0. The number of para-hydroxylation sites is 1. The second-order valence-electron chi connectivity index (χ2n) is 9.82. The molecular weight excluding hydrogens is 506 g/mol. The van der Waals surface area contributed by atoms with Gasteiger partial charge in [-0.25, -0.2) is 0 Å². The number of Topliss-reactive ketones (excluding diaryl/α,β-unsaturated/α-hetero) is 1. The summed E-state index contributed by atoms with van der Waals surface area (Å²) in [6, 6.07) is 26.1. The number of aryl methyl sites for hydroxylation is 1. The van der Waals surface area contributed by atoms with E-state index in [1.54, 1.807) is 0 Å². The molecule has 1 heterocycles. The molecule has 3 aromatic carbocycles. The minimum absolute atomic E-state index is 0.168. The number of ether oxygens (including phenoxy) is 1. The topological polar surface area (TPSA) is 81.4 Å². The number of carbonyl (C=O) groups is 1. The van der Waals surface area contributed by atoms with Gasteiger partial charge < -0.3 is 4.74 Å². The molecule has 0 bridgehead atoms. The quantitative estimate of drug-likeness (QED) is 0.104. The molecule has 1 aromatic heterocycles. The molecule has 200 valence electrons. The standard InChI is InChI=1S/C31H33N5O2S/c1-22-13-17-26(18-14-22)32-34-30(23(2)37)39-31-35-33-29(36(31)27-11-7-4-8-12-27)21-38-28-19-15-25(16-20-28)24-9-5-3-6-10-24/h4,7-8,11-20,24,32H,3,5-6,9-10,21H2,1-2H3. The van der Waals surface area contributed by atoms with Crippen LogP contribution in [0.25, 0.3) is 5.69 Å². The number of nitrogens with zero attached hydrogens (tertiary/aromatic N) is 4. The minimum Gasteiger partial charge on any atom is -0.486 e. The number of nitrogens with one attached hydrogen (secondary N) is 1.